The minimum absolute atomic E-state index is 0.439. The van der Waals surface area contributed by atoms with E-state index in [0.29, 0.717) is 12.3 Å². The van der Waals surface area contributed by atoms with Crippen LogP contribution in [0.5, 0.6) is 5.75 Å². The van der Waals surface area contributed by atoms with Crippen molar-refractivity contribution in [2.24, 2.45) is 5.16 Å². The van der Waals surface area contributed by atoms with Gasteiger partial charge in [-0.1, -0.05) is 11.2 Å². The van der Waals surface area contributed by atoms with Crippen LogP contribution < -0.4 is 4.74 Å². The van der Waals surface area contributed by atoms with Crippen molar-refractivity contribution in [3.8, 4) is 5.75 Å². The molecule has 0 unspecified atom stereocenters. The maximum atomic E-state index is 8.68. The van der Waals surface area contributed by atoms with Crippen LogP contribution in [0.1, 0.15) is 23.9 Å². The number of aryl methyl sites for hydroxylation is 1. The number of nitrogens with zero attached hydrogens (tertiary/aromatic N) is 2. The molecule has 0 aliphatic rings. The van der Waals surface area contributed by atoms with Crippen molar-refractivity contribution < 1.29 is 9.94 Å². The number of oxime groups is 1. The molecule has 0 fully saturated rings. The molecule has 0 saturated heterocycles. The maximum absolute atomic E-state index is 8.68. The molecule has 98 valence electrons. The van der Waals surface area contributed by atoms with Gasteiger partial charge in [-0.25, -0.2) is 0 Å². The van der Waals surface area contributed by atoms with Crippen LogP contribution in [0, 0.1) is 6.92 Å². The number of hydrogen-bond donors (Lipinski definition) is 1. The number of rotatable bonds is 4. The van der Waals surface area contributed by atoms with E-state index in [1.165, 1.54) is 0 Å². The van der Waals surface area contributed by atoms with Crippen LogP contribution in [0.15, 0.2) is 47.6 Å². The molecule has 0 spiro atoms. The molecule has 1 heterocycles. The highest BCUT2D eigenvalue weighted by molar-refractivity contribution is 5.98. The van der Waals surface area contributed by atoms with Crippen LogP contribution in [-0.4, -0.2) is 15.9 Å². The average molecular weight is 256 g/mol. The van der Waals surface area contributed by atoms with Gasteiger partial charge in [-0.2, -0.15) is 0 Å². The van der Waals surface area contributed by atoms with Gasteiger partial charge < -0.3 is 9.94 Å². The third-order valence-electron chi connectivity index (χ3n) is 2.75. The highest BCUT2D eigenvalue weighted by atomic mass is 16.5. The molecule has 4 nitrogen and oxygen atoms in total. The summed E-state index contributed by atoms with van der Waals surface area (Å²) in [5.41, 5.74) is 3.32. The van der Waals surface area contributed by atoms with Crippen molar-refractivity contribution in [3.05, 3.63) is 59.4 Å². The highest BCUT2D eigenvalue weighted by Crippen LogP contribution is 2.14. The van der Waals surface area contributed by atoms with Gasteiger partial charge in [0.15, 0.2) is 0 Å². The second-order valence-electron chi connectivity index (χ2n) is 4.27. The first-order valence-corrected chi connectivity index (χ1v) is 6.03. The van der Waals surface area contributed by atoms with Gasteiger partial charge >= 0.3 is 0 Å². The van der Waals surface area contributed by atoms with E-state index in [2.05, 4.69) is 10.1 Å². The summed E-state index contributed by atoms with van der Waals surface area (Å²) in [6.45, 7) is 4.13. The molecule has 1 aromatic heterocycles. The van der Waals surface area contributed by atoms with E-state index in [9.17, 15) is 0 Å². The minimum Gasteiger partial charge on any atom is -0.487 e. The molecule has 1 aromatic carbocycles. The molecule has 2 rings (SSSR count). The Morgan fingerprint density at radius 3 is 2.58 bits per heavy atom. The summed E-state index contributed by atoms with van der Waals surface area (Å²) in [5, 5.41) is 11.8. The SMILES string of the molecule is CC(=NO)c1ccc(OCc2cccc(C)n2)cc1. The van der Waals surface area contributed by atoms with E-state index in [1.54, 1.807) is 6.92 Å². The molecule has 0 saturated carbocycles. The Hall–Kier alpha value is -2.36. The lowest BCUT2D eigenvalue weighted by Crippen LogP contribution is -1.99. The number of ether oxygens (including phenoxy) is 1. The van der Waals surface area contributed by atoms with Crippen molar-refractivity contribution >= 4 is 5.71 Å². The standard InChI is InChI=1S/C15H16N2O2/c1-11-4-3-5-14(16-11)10-19-15-8-6-13(7-9-15)12(2)17-18/h3-9,18H,10H2,1-2H3. The zero-order valence-electron chi connectivity index (χ0n) is 11.0. The summed E-state index contributed by atoms with van der Waals surface area (Å²) in [5.74, 6) is 0.762. The molecule has 4 heteroatoms. The fourth-order valence-electron chi connectivity index (χ4n) is 1.69. The van der Waals surface area contributed by atoms with Gasteiger partial charge in [-0.3, -0.25) is 4.98 Å². The van der Waals surface area contributed by atoms with Crippen LogP contribution in [0.4, 0.5) is 0 Å². The topological polar surface area (TPSA) is 54.7 Å². The smallest absolute Gasteiger partial charge is 0.130 e. The summed E-state index contributed by atoms with van der Waals surface area (Å²) in [7, 11) is 0. The molecule has 0 aliphatic carbocycles. The summed E-state index contributed by atoms with van der Waals surface area (Å²) in [6.07, 6.45) is 0. The van der Waals surface area contributed by atoms with E-state index >= 15 is 0 Å². The lowest BCUT2D eigenvalue weighted by atomic mass is 10.1. The van der Waals surface area contributed by atoms with E-state index < -0.39 is 0 Å². The van der Waals surface area contributed by atoms with E-state index in [4.69, 9.17) is 9.94 Å². The summed E-state index contributed by atoms with van der Waals surface area (Å²) in [4.78, 5) is 4.37. The second-order valence-corrected chi connectivity index (χ2v) is 4.27. The van der Waals surface area contributed by atoms with Crippen molar-refractivity contribution in [1.82, 2.24) is 4.98 Å². The van der Waals surface area contributed by atoms with Gasteiger partial charge in [0.1, 0.15) is 12.4 Å². The van der Waals surface area contributed by atoms with Crippen LogP contribution in [-0.2, 0) is 6.61 Å². The Morgan fingerprint density at radius 2 is 1.95 bits per heavy atom. The zero-order chi connectivity index (χ0) is 13.7. The number of benzene rings is 1. The van der Waals surface area contributed by atoms with Crippen molar-refractivity contribution in [3.63, 3.8) is 0 Å². The van der Waals surface area contributed by atoms with Gasteiger partial charge in [0.2, 0.25) is 0 Å². The average Bonchev–Trinajstić information content (AvgIpc) is 2.45. The molecule has 0 atom stereocenters. The van der Waals surface area contributed by atoms with Crippen LogP contribution in [0.3, 0.4) is 0 Å². The molecule has 0 amide bonds. The Bertz CT molecular complexity index is 577. The minimum atomic E-state index is 0.439. The second kappa shape index (κ2) is 6.00. The highest BCUT2D eigenvalue weighted by Gasteiger charge is 2.00. The van der Waals surface area contributed by atoms with Gasteiger partial charge in [-0.05, 0) is 55.8 Å². The Kier molecular flexibility index (Phi) is 4.13. The van der Waals surface area contributed by atoms with Gasteiger partial charge in [0, 0.05) is 5.69 Å². The van der Waals surface area contributed by atoms with Crippen LogP contribution in [0.25, 0.3) is 0 Å². The fraction of sp³-hybridized carbons (Fsp3) is 0.200. The van der Waals surface area contributed by atoms with Crippen molar-refractivity contribution in [1.29, 1.82) is 0 Å². The van der Waals surface area contributed by atoms with E-state index in [0.717, 1.165) is 22.7 Å². The predicted octanol–water partition coefficient (Wildman–Crippen LogP) is 3.17. The van der Waals surface area contributed by atoms with Crippen LogP contribution >= 0.6 is 0 Å². The van der Waals surface area contributed by atoms with Gasteiger partial charge in [0.25, 0.3) is 0 Å². The van der Waals surface area contributed by atoms with Crippen LogP contribution in [0.2, 0.25) is 0 Å². The molecule has 0 aliphatic heterocycles. The number of aromatic nitrogens is 1. The number of pyridine rings is 1. The maximum Gasteiger partial charge on any atom is 0.130 e. The normalized spacial score (nSPS) is 11.4. The quantitative estimate of drug-likeness (QED) is 0.519. The molecular weight excluding hydrogens is 240 g/mol. The lowest BCUT2D eigenvalue weighted by Gasteiger charge is -2.07. The monoisotopic (exact) mass is 256 g/mol. The first-order chi connectivity index (χ1) is 9.19. The lowest BCUT2D eigenvalue weighted by molar-refractivity contribution is 0.301. The third-order valence-corrected chi connectivity index (χ3v) is 2.75. The fourth-order valence-corrected chi connectivity index (χ4v) is 1.69. The molecule has 0 bridgehead atoms. The van der Waals surface area contributed by atoms with Gasteiger partial charge in [-0.15, -0.1) is 0 Å². The Morgan fingerprint density at radius 1 is 1.21 bits per heavy atom. The van der Waals surface area contributed by atoms with Crippen molar-refractivity contribution in [2.75, 3.05) is 0 Å². The predicted molar refractivity (Wildman–Crippen MR) is 73.7 cm³/mol. The Balaban J connectivity index is 2.00. The summed E-state index contributed by atoms with van der Waals surface area (Å²) < 4.78 is 5.65. The molecular formula is C15H16N2O2. The first-order valence-electron chi connectivity index (χ1n) is 6.03. The first kappa shape index (κ1) is 13.1. The molecule has 0 radical (unpaired) electrons. The molecule has 1 N–H and O–H groups in total. The zero-order valence-corrected chi connectivity index (χ0v) is 11.0. The van der Waals surface area contributed by atoms with E-state index in [1.807, 2.05) is 49.4 Å². The summed E-state index contributed by atoms with van der Waals surface area (Å²) >= 11 is 0. The molecule has 2 aromatic rings. The van der Waals surface area contributed by atoms with Crippen molar-refractivity contribution in [2.45, 2.75) is 20.5 Å². The number of hydrogen-bond acceptors (Lipinski definition) is 4. The largest absolute Gasteiger partial charge is 0.487 e. The van der Waals surface area contributed by atoms with Gasteiger partial charge in [0.05, 0.1) is 11.4 Å². The Labute approximate surface area is 112 Å². The van der Waals surface area contributed by atoms with E-state index in [-0.39, 0.29) is 0 Å². The third kappa shape index (κ3) is 3.55. The summed E-state index contributed by atoms with van der Waals surface area (Å²) in [6, 6.07) is 13.3. The molecule has 19 heavy (non-hydrogen) atoms.